The molecule has 4 rings (SSSR count). The Balaban J connectivity index is 1.23. The smallest absolute Gasteiger partial charge is 0.387 e. The Morgan fingerprint density at radius 1 is 1.00 bits per heavy atom. The van der Waals surface area contributed by atoms with Crippen molar-refractivity contribution in [3.63, 3.8) is 0 Å². The van der Waals surface area contributed by atoms with Crippen molar-refractivity contribution >= 4 is 11.8 Å². The third kappa shape index (κ3) is 6.17. The summed E-state index contributed by atoms with van der Waals surface area (Å²) in [5, 5.41) is 3.88. The lowest BCUT2D eigenvalue weighted by molar-refractivity contribution is -0.132. The number of hydrogen-bond acceptors (Lipinski definition) is 6. The predicted octanol–water partition coefficient (Wildman–Crippen LogP) is 3.78. The first-order valence-electron chi connectivity index (χ1n) is 11.1. The molecule has 0 N–H and O–H groups in total. The lowest BCUT2D eigenvalue weighted by atomic mass is 10.1. The zero-order valence-corrected chi connectivity index (χ0v) is 18.7. The summed E-state index contributed by atoms with van der Waals surface area (Å²) in [6, 6.07) is 11.6. The molecule has 1 aliphatic heterocycles. The molecule has 0 unspecified atom stereocenters. The zero-order valence-electron chi connectivity index (χ0n) is 18.7. The van der Waals surface area contributed by atoms with Gasteiger partial charge in [-0.1, -0.05) is 17.3 Å². The Bertz CT molecular complexity index is 1160. The standard InChI is InChI=1S/C24H23F3N4O4/c25-17-10-8-16(9-11-17)22-28-20(35-29-22)6-3-7-21(32)30-12-14-31(15-13-30)23(33)18-4-1-2-5-19(18)34-24(26)27/h1-2,4-5,8-11,24H,3,6-7,12-15H2. The monoisotopic (exact) mass is 488 g/mol. The number of carbonyl (C=O) groups excluding carboxylic acids is 2. The maximum atomic E-state index is 13.0. The number of amides is 2. The van der Waals surface area contributed by atoms with Gasteiger partial charge in [0, 0.05) is 44.6 Å². The number of nitrogens with zero attached hydrogens (tertiary/aromatic N) is 4. The van der Waals surface area contributed by atoms with Crippen molar-refractivity contribution < 1.29 is 32.0 Å². The molecule has 11 heteroatoms. The second-order valence-corrected chi connectivity index (χ2v) is 7.92. The summed E-state index contributed by atoms with van der Waals surface area (Å²) in [7, 11) is 0. The third-order valence-corrected chi connectivity index (χ3v) is 5.60. The first kappa shape index (κ1) is 24.2. The van der Waals surface area contributed by atoms with E-state index in [2.05, 4.69) is 14.9 Å². The number of hydrogen-bond donors (Lipinski definition) is 0. The number of carbonyl (C=O) groups is 2. The minimum absolute atomic E-state index is 0.0585. The lowest BCUT2D eigenvalue weighted by Crippen LogP contribution is -2.50. The normalized spacial score (nSPS) is 13.8. The van der Waals surface area contributed by atoms with Crippen molar-refractivity contribution in [2.45, 2.75) is 25.9 Å². The average Bonchev–Trinajstić information content (AvgIpc) is 3.33. The fourth-order valence-corrected chi connectivity index (χ4v) is 3.79. The molecule has 2 aromatic carbocycles. The van der Waals surface area contributed by atoms with E-state index in [0.717, 1.165) is 0 Å². The van der Waals surface area contributed by atoms with Gasteiger partial charge in [-0.25, -0.2) is 4.39 Å². The maximum absolute atomic E-state index is 13.0. The van der Waals surface area contributed by atoms with Crippen molar-refractivity contribution in [2.24, 2.45) is 0 Å². The summed E-state index contributed by atoms with van der Waals surface area (Å²) in [4.78, 5) is 32.8. The van der Waals surface area contributed by atoms with Crippen LogP contribution in [0.5, 0.6) is 5.75 Å². The number of aryl methyl sites for hydroxylation is 1. The van der Waals surface area contributed by atoms with E-state index in [9.17, 15) is 22.8 Å². The summed E-state index contributed by atoms with van der Waals surface area (Å²) in [5.74, 6) is -0.260. The Labute approximate surface area is 199 Å². The van der Waals surface area contributed by atoms with Crippen LogP contribution < -0.4 is 4.74 Å². The van der Waals surface area contributed by atoms with Crippen molar-refractivity contribution in [3.05, 3.63) is 65.8 Å². The summed E-state index contributed by atoms with van der Waals surface area (Å²) in [6.45, 7) is -1.76. The Kier molecular flexibility index (Phi) is 7.64. The fourth-order valence-electron chi connectivity index (χ4n) is 3.79. The molecule has 35 heavy (non-hydrogen) atoms. The molecule has 1 aliphatic rings. The summed E-state index contributed by atoms with van der Waals surface area (Å²) in [6.07, 6.45) is 1.19. The van der Waals surface area contributed by atoms with Gasteiger partial charge in [0.15, 0.2) is 0 Å². The molecule has 2 amide bonds. The highest BCUT2D eigenvalue weighted by Crippen LogP contribution is 2.23. The number of para-hydroxylation sites is 1. The maximum Gasteiger partial charge on any atom is 0.387 e. The second-order valence-electron chi connectivity index (χ2n) is 7.92. The van der Waals surface area contributed by atoms with Gasteiger partial charge in [0.05, 0.1) is 5.56 Å². The average molecular weight is 488 g/mol. The minimum atomic E-state index is -3.03. The van der Waals surface area contributed by atoms with Crippen LogP contribution in [0.3, 0.4) is 0 Å². The van der Waals surface area contributed by atoms with Gasteiger partial charge in [0.1, 0.15) is 11.6 Å². The molecule has 1 fully saturated rings. The Morgan fingerprint density at radius 3 is 2.40 bits per heavy atom. The van der Waals surface area contributed by atoms with Crippen molar-refractivity contribution in [1.29, 1.82) is 0 Å². The highest BCUT2D eigenvalue weighted by Gasteiger charge is 2.27. The van der Waals surface area contributed by atoms with E-state index >= 15 is 0 Å². The van der Waals surface area contributed by atoms with Gasteiger partial charge >= 0.3 is 6.61 Å². The first-order chi connectivity index (χ1) is 16.9. The first-order valence-corrected chi connectivity index (χ1v) is 11.1. The van der Waals surface area contributed by atoms with E-state index in [1.54, 1.807) is 23.1 Å². The quantitative estimate of drug-likeness (QED) is 0.480. The van der Waals surface area contributed by atoms with E-state index < -0.39 is 12.5 Å². The predicted molar refractivity (Wildman–Crippen MR) is 118 cm³/mol. The Morgan fingerprint density at radius 2 is 1.69 bits per heavy atom. The number of ether oxygens (including phenoxy) is 1. The van der Waals surface area contributed by atoms with Crippen LogP contribution in [0.2, 0.25) is 0 Å². The molecule has 0 radical (unpaired) electrons. The Hall–Kier alpha value is -3.89. The molecule has 0 bridgehead atoms. The van der Waals surface area contributed by atoms with Gasteiger partial charge in [-0.3, -0.25) is 9.59 Å². The number of halogens is 3. The van der Waals surface area contributed by atoms with Gasteiger partial charge in [-0.05, 0) is 42.8 Å². The molecule has 184 valence electrons. The van der Waals surface area contributed by atoms with Crippen LogP contribution in [0.25, 0.3) is 11.4 Å². The van der Waals surface area contributed by atoms with Crippen molar-refractivity contribution in [1.82, 2.24) is 19.9 Å². The number of aromatic nitrogens is 2. The van der Waals surface area contributed by atoms with Crippen LogP contribution in [0.15, 0.2) is 53.1 Å². The van der Waals surface area contributed by atoms with E-state index in [4.69, 9.17) is 4.52 Å². The molecule has 0 atom stereocenters. The van der Waals surface area contributed by atoms with Crippen LogP contribution in [-0.2, 0) is 11.2 Å². The van der Waals surface area contributed by atoms with Crippen LogP contribution in [0.4, 0.5) is 13.2 Å². The van der Waals surface area contributed by atoms with Gasteiger partial charge in [-0.2, -0.15) is 13.8 Å². The summed E-state index contributed by atoms with van der Waals surface area (Å²) >= 11 is 0. The third-order valence-electron chi connectivity index (χ3n) is 5.60. The highest BCUT2D eigenvalue weighted by molar-refractivity contribution is 5.97. The number of rotatable bonds is 8. The molecule has 0 saturated carbocycles. The molecule has 1 aromatic heterocycles. The van der Waals surface area contributed by atoms with E-state index in [1.165, 1.54) is 35.2 Å². The molecule has 1 saturated heterocycles. The van der Waals surface area contributed by atoms with Crippen LogP contribution in [0.1, 0.15) is 29.1 Å². The molecule has 0 spiro atoms. The van der Waals surface area contributed by atoms with Crippen molar-refractivity contribution in [2.75, 3.05) is 26.2 Å². The van der Waals surface area contributed by atoms with Gasteiger partial charge in [-0.15, -0.1) is 0 Å². The molecule has 3 aromatic rings. The molecular formula is C24H23F3N4O4. The number of piperazine rings is 1. The van der Waals surface area contributed by atoms with Gasteiger partial charge in [0.2, 0.25) is 17.6 Å². The second kappa shape index (κ2) is 11.0. The molecule has 8 nitrogen and oxygen atoms in total. The van der Waals surface area contributed by atoms with Crippen LogP contribution in [-0.4, -0.2) is 64.5 Å². The van der Waals surface area contributed by atoms with Crippen LogP contribution in [0, 0.1) is 5.82 Å². The van der Waals surface area contributed by atoms with E-state index in [-0.39, 0.29) is 42.5 Å². The van der Waals surface area contributed by atoms with Gasteiger partial charge < -0.3 is 19.1 Å². The van der Waals surface area contributed by atoms with Crippen LogP contribution >= 0.6 is 0 Å². The number of alkyl halides is 2. The van der Waals surface area contributed by atoms with Gasteiger partial charge in [0.25, 0.3) is 5.91 Å². The minimum Gasteiger partial charge on any atom is -0.434 e. The topological polar surface area (TPSA) is 88.8 Å². The number of benzene rings is 2. The van der Waals surface area contributed by atoms with E-state index in [0.29, 0.717) is 43.2 Å². The van der Waals surface area contributed by atoms with E-state index in [1.807, 2.05) is 0 Å². The molecule has 2 heterocycles. The zero-order chi connectivity index (χ0) is 24.8. The lowest BCUT2D eigenvalue weighted by Gasteiger charge is -2.35. The summed E-state index contributed by atoms with van der Waals surface area (Å²) < 4.78 is 48.0. The molecular weight excluding hydrogens is 465 g/mol. The van der Waals surface area contributed by atoms with Crippen molar-refractivity contribution in [3.8, 4) is 17.1 Å². The fraction of sp³-hybridized carbons (Fsp3) is 0.333. The highest BCUT2D eigenvalue weighted by atomic mass is 19.3. The largest absolute Gasteiger partial charge is 0.434 e. The summed E-state index contributed by atoms with van der Waals surface area (Å²) in [5.41, 5.74) is 0.695. The molecule has 0 aliphatic carbocycles. The SMILES string of the molecule is O=C(CCCc1nc(-c2ccc(F)cc2)no1)N1CCN(C(=O)c2ccccc2OC(F)F)CC1.